The van der Waals surface area contributed by atoms with E-state index < -0.39 is 7.26 Å². The molecule has 0 fully saturated rings. The van der Waals surface area contributed by atoms with Crippen LogP contribution in [0, 0.1) is 13.8 Å². The molecule has 0 bridgehead atoms. The van der Waals surface area contributed by atoms with Crippen LogP contribution in [0.3, 0.4) is 0 Å². The van der Waals surface area contributed by atoms with Gasteiger partial charge in [-0.25, -0.2) is 0 Å². The Balaban J connectivity index is 1.78. The van der Waals surface area contributed by atoms with Gasteiger partial charge in [0, 0.05) is 0 Å². The van der Waals surface area contributed by atoms with Crippen LogP contribution in [-0.2, 0) is 6.16 Å². The average molecular weight is 424 g/mol. The van der Waals surface area contributed by atoms with E-state index in [1.165, 1.54) is 15.9 Å². The van der Waals surface area contributed by atoms with Crippen molar-refractivity contribution < 1.29 is 0 Å². The van der Waals surface area contributed by atoms with Crippen LogP contribution in [-0.4, -0.2) is 19.6 Å². The zero-order chi connectivity index (χ0) is 21.3. The SMILES string of the molecule is Cc1ncc(C)n2nc(C[PH](c3ccccc3)(c3ccccc3)c3ccccc3)nc12. The Labute approximate surface area is 183 Å². The maximum absolute atomic E-state index is 4.96. The van der Waals surface area contributed by atoms with Crippen LogP contribution >= 0.6 is 7.26 Å². The molecule has 0 N–H and O–H groups in total. The van der Waals surface area contributed by atoms with Crippen LogP contribution in [0.1, 0.15) is 17.2 Å². The molecule has 154 valence electrons. The predicted molar refractivity (Wildman–Crippen MR) is 131 cm³/mol. The molecule has 5 rings (SSSR count). The van der Waals surface area contributed by atoms with Crippen LogP contribution in [0.5, 0.6) is 0 Å². The molecule has 2 aromatic heterocycles. The van der Waals surface area contributed by atoms with Crippen molar-refractivity contribution in [3.05, 3.63) is 114 Å². The number of fused-ring (bicyclic) bond motifs is 1. The van der Waals surface area contributed by atoms with Gasteiger partial charge in [0.2, 0.25) is 0 Å². The maximum atomic E-state index is 4.96. The molecule has 3 aromatic carbocycles. The van der Waals surface area contributed by atoms with Gasteiger partial charge in [0.1, 0.15) is 0 Å². The van der Waals surface area contributed by atoms with Gasteiger partial charge < -0.3 is 0 Å². The van der Waals surface area contributed by atoms with Gasteiger partial charge in [-0.2, -0.15) is 0 Å². The zero-order valence-electron chi connectivity index (χ0n) is 17.7. The quantitative estimate of drug-likeness (QED) is 0.401. The first-order chi connectivity index (χ1) is 15.2. The van der Waals surface area contributed by atoms with Crippen molar-refractivity contribution in [1.29, 1.82) is 0 Å². The van der Waals surface area contributed by atoms with Gasteiger partial charge in [-0.05, 0) is 0 Å². The Kier molecular flexibility index (Phi) is 5.09. The Bertz CT molecular complexity index is 1180. The molecule has 0 aliphatic heterocycles. The summed E-state index contributed by atoms with van der Waals surface area (Å²) in [4.78, 5) is 9.44. The van der Waals surface area contributed by atoms with Gasteiger partial charge in [0.15, 0.2) is 0 Å². The van der Waals surface area contributed by atoms with Crippen molar-refractivity contribution >= 4 is 28.8 Å². The molecule has 4 nitrogen and oxygen atoms in total. The van der Waals surface area contributed by atoms with Crippen LogP contribution < -0.4 is 15.9 Å². The molecule has 5 heteroatoms. The minimum absolute atomic E-state index is 0.783. The molecule has 0 radical (unpaired) electrons. The van der Waals surface area contributed by atoms with Gasteiger partial charge in [-0.15, -0.1) is 0 Å². The molecule has 0 amide bonds. The summed E-state index contributed by atoms with van der Waals surface area (Å²) in [6.45, 7) is 4.01. The summed E-state index contributed by atoms with van der Waals surface area (Å²) < 4.78 is 1.93. The first-order valence-electron chi connectivity index (χ1n) is 10.5. The van der Waals surface area contributed by atoms with Crippen molar-refractivity contribution in [2.24, 2.45) is 0 Å². The van der Waals surface area contributed by atoms with E-state index in [0.29, 0.717) is 0 Å². The fourth-order valence-electron chi connectivity index (χ4n) is 4.42. The summed E-state index contributed by atoms with van der Waals surface area (Å²) in [7, 11) is -2.42. The normalized spacial score (nSPS) is 12.2. The Morgan fingerprint density at radius 1 is 0.710 bits per heavy atom. The Hall–Kier alpha value is -3.36. The fourth-order valence-corrected chi connectivity index (χ4v) is 8.94. The van der Waals surface area contributed by atoms with Gasteiger partial charge in [0.05, 0.1) is 0 Å². The van der Waals surface area contributed by atoms with Gasteiger partial charge >= 0.3 is 183 Å². The monoisotopic (exact) mass is 424 g/mol. The number of aryl methyl sites for hydroxylation is 2. The van der Waals surface area contributed by atoms with E-state index in [9.17, 15) is 0 Å². The summed E-state index contributed by atoms with van der Waals surface area (Å²) in [6, 6.07) is 32.7. The summed E-state index contributed by atoms with van der Waals surface area (Å²) in [5.74, 6) is 0.863. The molecule has 5 aromatic rings. The molecular formula is C26H25N4P. The van der Waals surface area contributed by atoms with Gasteiger partial charge in [0.25, 0.3) is 0 Å². The third kappa shape index (κ3) is 3.43. The number of rotatable bonds is 5. The molecule has 0 spiro atoms. The Morgan fingerprint density at radius 2 is 1.19 bits per heavy atom. The summed E-state index contributed by atoms with van der Waals surface area (Å²) in [5, 5.41) is 9.01. The van der Waals surface area contributed by atoms with Crippen LogP contribution in [0.2, 0.25) is 0 Å². The van der Waals surface area contributed by atoms with Crippen molar-refractivity contribution in [2.45, 2.75) is 20.0 Å². The molecule has 0 atom stereocenters. The van der Waals surface area contributed by atoms with Crippen LogP contribution in [0.25, 0.3) is 5.65 Å². The van der Waals surface area contributed by atoms with Crippen molar-refractivity contribution in [1.82, 2.24) is 19.6 Å². The van der Waals surface area contributed by atoms with Gasteiger partial charge in [-0.1, -0.05) is 0 Å². The van der Waals surface area contributed by atoms with E-state index >= 15 is 0 Å². The third-order valence-corrected chi connectivity index (χ3v) is 10.8. The first kappa shape index (κ1) is 19.6. The van der Waals surface area contributed by atoms with E-state index in [4.69, 9.17) is 10.1 Å². The van der Waals surface area contributed by atoms with Gasteiger partial charge in [-0.3, -0.25) is 0 Å². The number of hydrogen-bond donors (Lipinski definition) is 0. The van der Waals surface area contributed by atoms with Crippen molar-refractivity contribution in [3.8, 4) is 0 Å². The molecule has 0 aliphatic carbocycles. The van der Waals surface area contributed by atoms with E-state index in [0.717, 1.165) is 29.0 Å². The van der Waals surface area contributed by atoms with Crippen LogP contribution in [0.4, 0.5) is 0 Å². The van der Waals surface area contributed by atoms with Crippen molar-refractivity contribution in [2.75, 3.05) is 0 Å². The predicted octanol–water partition coefficient (Wildman–Crippen LogP) is 3.97. The second kappa shape index (κ2) is 8.05. The van der Waals surface area contributed by atoms with E-state index in [2.05, 4.69) is 96.0 Å². The minimum atomic E-state index is -2.42. The Morgan fingerprint density at radius 3 is 1.65 bits per heavy atom. The van der Waals surface area contributed by atoms with E-state index in [-0.39, 0.29) is 0 Å². The molecule has 0 aliphatic rings. The first-order valence-corrected chi connectivity index (χ1v) is 12.7. The molecule has 0 saturated carbocycles. The summed E-state index contributed by atoms with van der Waals surface area (Å²) >= 11 is 0. The second-order valence-electron chi connectivity index (χ2n) is 7.93. The number of aromatic nitrogens is 4. The summed E-state index contributed by atoms with van der Waals surface area (Å²) in [5.41, 5.74) is 2.73. The van der Waals surface area contributed by atoms with E-state index in [1.807, 2.05) is 24.6 Å². The topological polar surface area (TPSA) is 43.1 Å². The van der Waals surface area contributed by atoms with E-state index in [1.54, 1.807) is 0 Å². The van der Waals surface area contributed by atoms with Crippen LogP contribution in [0.15, 0.2) is 97.2 Å². The third-order valence-electron chi connectivity index (χ3n) is 5.98. The molecule has 0 unspecified atom stereocenters. The molecular weight excluding hydrogens is 399 g/mol. The standard InChI is InChI=1S/C26H25N4P/c1-20-18-27-21(2)26-28-25(29-30(20)26)19-31(22-12-6-3-7-13-22,23-14-8-4-9-15-23)24-16-10-5-11-17-24/h3-18,31H,19H2,1-2H3. The zero-order valence-corrected chi connectivity index (χ0v) is 18.7. The summed E-state index contributed by atoms with van der Waals surface area (Å²) in [6.07, 6.45) is 2.64. The molecule has 2 heterocycles. The average Bonchev–Trinajstić information content (AvgIpc) is 3.27. The number of benzene rings is 3. The fraction of sp³-hybridized carbons (Fsp3) is 0.115. The molecule has 0 saturated heterocycles. The van der Waals surface area contributed by atoms with Crippen molar-refractivity contribution in [3.63, 3.8) is 0 Å². The second-order valence-corrected chi connectivity index (χ2v) is 11.8. The molecule has 31 heavy (non-hydrogen) atoms. The number of hydrogen-bond acceptors (Lipinski definition) is 3. The number of nitrogens with zero attached hydrogens (tertiary/aromatic N) is 4.